The molecule has 0 N–H and O–H groups in total. The molecule has 3 rings (SSSR count). The normalized spacial score (nSPS) is 24.7. The lowest BCUT2D eigenvalue weighted by atomic mass is 10.3. The standard InChI is InChI=1S/C16H20O5/c1-10(2)16(17)21-15-9-18-11-5-3-6-12(11)19-13-7-4-8-14(13)20-15/h15H,1,3-9H2,2H3. The summed E-state index contributed by atoms with van der Waals surface area (Å²) in [6, 6.07) is 0. The Morgan fingerprint density at radius 3 is 2.43 bits per heavy atom. The zero-order chi connectivity index (χ0) is 14.8. The summed E-state index contributed by atoms with van der Waals surface area (Å²) in [5.74, 6) is 2.92. The molecule has 3 aliphatic rings. The molecule has 0 aromatic heterocycles. The molecule has 0 aromatic carbocycles. The van der Waals surface area contributed by atoms with Gasteiger partial charge in [-0.3, -0.25) is 0 Å². The van der Waals surface area contributed by atoms with Gasteiger partial charge in [0.1, 0.15) is 23.0 Å². The molecule has 114 valence electrons. The van der Waals surface area contributed by atoms with Crippen LogP contribution in [0, 0.1) is 0 Å². The van der Waals surface area contributed by atoms with E-state index in [1.807, 2.05) is 0 Å². The number of esters is 1. The monoisotopic (exact) mass is 292 g/mol. The van der Waals surface area contributed by atoms with Gasteiger partial charge in [-0.05, 0) is 19.8 Å². The Morgan fingerprint density at radius 2 is 1.71 bits per heavy atom. The van der Waals surface area contributed by atoms with Crippen molar-refractivity contribution >= 4 is 5.97 Å². The number of allylic oxidation sites excluding steroid dienone is 4. The fourth-order valence-corrected chi connectivity index (χ4v) is 2.66. The molecule has 2 aliphatic carbocycles. The van der Waals surface area contributed by atoms with Crippen LogP contribution in [0.25, 0.3) is 0 Å². The van der Waals surface area contributed by atoms with Crippen LogP contribution in [0.1, 0.15) is 45.4 Å². The average molecular weight is 292 g/mol. The number of hydrogen-bond acceptors (Lipinski definition) is 5. The third-order valence-electron chi connectivity index (χ3n) is 3.74. The van der Waals surface area contributed by atoms with Gasteiger partial charge in [0.15, 0.2) is 6.61 Å². The Labute approximate surface area is 124 Å². The van der Waals surface area contributed by atoms with Gasteiger partial charge in [0.25, 0.3) is 6.29 Å². The lowest BCUT2D eigenvalue weighted by Crippen LogP contribution is -2.26. The van der Waals surface area contributed by atoms with Gasteiger partial charge in [0, 0.05) is 31.3 Å². The van der Waals surface area contributed by atoms with Crippen molar-refractivity contribution in [3.8, 4) is 0 Å². The van der Waals surface area contributed by atoms with Gasteiger partial charge in [-0.2, -0.15) is 0 Å². The van der Waals surface area contributed by atoms with Crippen LogP contribution in [0.15, 0.2) is 35.2 Å². The summed E-state index contributed by atoms with van der Waals surface area (Å²) in [4.78, 5) is 11.7. The first-order valence-corrected chi connectivity index (χ1v) is 7.41. The van der Waals surface area contributed by atoms with Crippen molar-refractivity contribution in [2.24, 2.45) is 0 Å². The molecular weight excluding hydrogens is 272 g/mol. The lowest BCUT2D eigenvalue weighted by Gasteiger charge is -2.20. The van der Waals surface area contributed by atoms with Crippen LogP contribution >= 0.6 is 0 Å². The zero-order valence-corrected chi connectivity index (χ0v) is 12.3. The van der Waals surface area contributed by atoms with E-state index in [0.29, 0.717) is 5.57 Å². The Morgan fingerprint density at radius 1 is 1.10 bits per heavy atom. The first kappa shape index (κ1) is 14.0. The summed E-state index contributed by atoms with van der Waals surface area (Å²) in [6.07, 6.45) is 4.68. The molecule has 21 heavy (non-hydrogen) atoms. The molecule has 1 aliphatic heterocycles. The first-order chi connectivity index (χ1) is 10.1. The van der Waals surface area contributed by atoms with Crippen LogP contribution < -0.4 is 0 Å². The maximum atomic E-state index is 11.7. The minimum Gasteiger partial charge on any atom is -0.487 e. The molecule has 1 unspecified atom stereocenters. The van der Waals surface area contributed by atoms with E-state index in [2.05, 4.69) is 6.58 Å². The summed E-state index contributed by atoms with van der Waals surface area (Å²) in [5, 5.41) is 0. The van der Waals surface area contributed by atoms with Gasteiger partial charge < -0.3 is 18.9 Å². The van der Waals surface area contributed by atoms with Gasteiger partial charge >= 0.3 is 5.97 Å². The van der Waals surface area contributed by atoms with Crippen LogP contribution in [-0.2, 0) is 23.7 Å². The summed E-state index contributed by atoms with van der Waals surface area (Å²) in [7, 11) is 0. The van der Waals surface area contributed by atoms with Crippen molar-refractivity contribution in [3.05, 3.63) is 35.2 Å². The molecule has 0 bridgehead atoms. The van der Waals surface area contributed by atoms with Crippen molar-refractivity contribution in [1.29, 1.82) is 0 Å². The second kappa shape index (κ2) is 5.84. The third-order valence-corrected chi connectivity index (χ3v) is 3.74. The second-order valence-corrected chi connectivity index (χ2v) is 5.55. The molecule has 1 atom stereocenters. The third kappa shape index (κ3) is 3.06. The Kier molecular flexibility index (Phi) is 3.90. The van der Waals surface area contributed by atoms with Crippen LogP contribution in [0.2, 0.25) is 0 Å². The van der Waals surface area contributed by atoms with E-state index in [0.717, 1.165) is 61.6 Å². The van der Waals surface area contributed by atoms with E-state index < -0.39 is 12.3 Å². The quantitative estimate of drug-likeness (QED) is 0.577. The van der Waals surface area contributed by atoms with Crippen LogP contribution in [0.5, 0.6) is 0 Å². The summed E-state index contributed by atoms with van der Waals surface area (Å²) in [6.45, 7) is 5.37. The highest BCUT2D eigenvalue weighted by molar-refractivity contribution is 5.87. The first-order valence-electron chi connectivity index (χ1n) is 7.41. The van der Waals surface area contributed by atoms with E-state index in [1.54, 1.807) is 6.92 Å². The van der Waals surface area contributed by atoms with Crippen molar-refractivity contribution in [1.82, 2.24) is 0 Å². The molecule has 1 heterocycles. The molecule has 5 nitrogen and oxygen atoms in total. The Bertz CT molecular complexity index is 529. The van der Waals surface area contributed by atoms with Crippen molar-refractivity contribution < 1.29 is 23.7 Å². The number of hydrogen-bond donors (Lipinski definition) is 0. The largest absolute Gasteiger partial charge is 0.487 e. The highest BCUT2D eigenvalue weighted by Gasteiger charge is 2.30. The summed E-state index contributed by atoms with van der Waals surface area (Å²) >= 11 is 0. The molecule has 0 saturated carbocycles. The van der Waals surface area contributed by atoms with E-state index >= 15 is 0 Å². The molecule has 5 heteroatoms. The van der Waals surface area contributed by atoms with Crippen LogP contribution in [0.3, 0.4) is 0 Å². The number of carbonyl (C=O) groups excluding carboxylic acids is 1. The number of ether oxygens (including phenoxy) is 4. The lowest BCUT2D eigenvalue weighted by molar-refractivity contribution is -0.175. The van der Waals surface area contributed by atoms with Crippen molar-refractivity contribution in [3.63, 3.8) is 0 Å². The number of rotatable bonds is 2. The fourth-order valence-electron chi connectivity index (χ4n) is 2.66. The summed E-state index contributed by atoms with van der Waals surface area (Å²) < 4.78 is 22.8. The second-order valence-electron chi connectivity index (χ2n) is 5.55. The van der Waals surface area contributed by atoms with Gasteiger partial charge in [0.2, 0.25) is 0 Å². The molecule has 0 spiro atoms. The predicted octanol–water partition coefficient (Wildman–Crippen LogP) is 3.29. The van der Waals surface area contributed by atoms with Crippen molar-refractivity contribution in [2.75, 3.05) is 6.61 Å². The summed E-state index contributed by atoms with van der Waals surface area (Å²) in [5.41, 5.74) is 0.344. The highest BCUT2D eigenvalue weighted by Crippen LogP contribution is 2.37. The molecule has 0 aromatic rings. The van der Waals surface area contributed by atoms with E-state index in [9.17, 15) is 4.79 Å². The zero-order valence-electron chi connectivity index (χ0n) is 12.3. The van der Waals surface area contributed by atoms with E-state index in [1.165, 1.54) is 0 Å². The molecule has 0 fully saturated rings. The highest BCUT2D eigenvalue weighted by atomic mass is 16.7. The molecule has 0 radical (unpaired) electrons. The average Bonchev–Trinajstić information content (AvgIpc) is 3.05. The minimum atomic E-state index is -0.756. The maximum absolute atomic E-state index is 11.7. The van der Waals surface area contributed by atoms with Gasteiger partial charge in [-0.15, -0.1) is 0 Å². The van der Waals surface area contributed by atoms with E-state index in [4.69, 9.17) is 18.9 Å². The SMILES string of the molecule is C=C(C)C(=O)OC1COC2=C(CCC2)OC2=C(CCC2)O1. The topological polar surface area (TPSA) is 54.0 Å². The fraction of sp³-hybridized carbons (Fsp3) is 0.562. The van der Waals surface area contributed by atoms with Crippen molar-refractivity contribution in [2.45, 2.75) is 51.7 Å². The predicted molar refractivity (Wildman–Crippen MR) is 74.6 cm³/mol. The smallest absolute Gasteiger partial charge is 0.336 e. The Balaban J connectivity index is 1.79. The molecular formula is C16H20O5. The molecule has 0 saturated heterocycles. The maximum Gasteiger partial charge on any atom is 0.336 e. The minimum absolute atomic E-state index is 0.179. The Hall–Kier alpha value is -1.91. The van der Waals surface area contributed by atoms with Gasteiger partial charge in [-0.1, -0.05) is 6.58 Å². The molecule has 0 amide bonds. The number of carbonyl (C=O) groups is 1. The van der Waals surface area contributed by atoms with Gasteiger partial charge in [0.05, 0.1) is 0 Å². The van der Waals surface area contributed by atoms with E-state index in [-0.39, 0.29) is 6.61 Å². The van der Waals surface area contributed by atoms with Gasteiger partial charge in [-0.25, -0.2) is 4.79 Å². The van der Waals surface area contributed by atoms with Crippen LogP contribution in [0.4, 0.5) is 0 Å². The van der Waals surface area contributed by atoms with Crippen LogP contribution in [-0.4, -0.2) is 18.9 Å².